The van der Waals surface area contributed by atoms with Crippen molar-refractivity contribution in [1.29, 1.82) is 0 Å². The topological polar surface area (TPSA) is 90.6 Å². The van der Waals surface area contributed by atoms with Gasteiger partial charge in [-0.05, 0) is 51.1 Å². The molecule has 154 valence electrons. The van der Waals surface area contributed by atoms with Crippen LogP contribution in [0.2, 0.25) is 0 Å². The fraction of sp³-hybridized carbons (Fsp3) is 0.350. The molecular formula is C20H23N3O4S2. The molecule has 0 N–H and O–H groups in total. The van der Waals surface area contributed by atoms with Gasteiger partial charge in [0.05, 0.1) is 11.5 Å². The van der Waals surface area contributed by atoms with E-state index in [1.165, 1.54) is 11.8 Å². The Balaban J connectivity index is 2.15. The van der Waals surface area contributed by atoms with Crippen LogP contribution < -0.4 is 0 Å². The number of esters is 1. The summed E-state index contributed by atoms with van der Waals surface area (Å²) in [5.74, 6) is -0.274. The number of carbonyl (C=O) groups excluding carboxylic acids is 1. The van der Waals surface area contributed by atoms with Crippen molar-refractivity contribution in [3.63, 3.8) is 0 Å². The monoisotopic (exact) mass is 433 g/mol. The van der Waals surface area contributed by atoms with Crippen LogP contribution in [0.5, 0.6) is 0 Å². The van der Waals surface area contributed by atoms with E-state index in [1.54, 1.807) is 48.0 Å². The number of aromatic nitrogens is 3. The molecule has 0 aliphatic rings. The Kier molecular flexibility index (Phi) is 6.28. The maximum absolute atomic E-state index is 13.3. The van der Waals surface area contributed by atoms with E-state index in [0.717, 1.165) is 11.3 Å². The molecule has 0 aliphatic heterocycles. The lowest BCUT2D eigenvalue weighted by Crippen LogP contribution is -2.11. The van der Waals surface area contributed by atoms with Crippen molar-refractivity contribution in [3.8, 4) is 0 Å². The van der Waals surface area contributed by atoms with E-state index in [2.05, 4.69) is 10.1 Å². The van der Waals surface area contributed by atoms with Gasteiger partial charge >= 0.3 is 5.97 Å². The number of hydrogen-bond donors (Lipinski definition) is 0. The van der Waals surface area contributed by atoms with Crippen molar-refractivity contribution in [3.05, 3.63) is 47.3 Å². The van der Waals surface area contributed by atoms with E-state index in [-0.39, 0.29) is 22.2 Å². The Morgan fingerprint density at radius 3 is 2.52 bits per heavy atom. The summed E-state index contributed by atoms with van der Waals surface area (Å²) in [5.41, 5.74) is 2.61. The molecule has 0 aliphatic carbocycles. The highest BCUT2D eigenvalue weighted by molar-refractivity contribution is 7.99. The molecule has 0 amide bonds. The molecule has 2 heterocycles. The third-order valence-corrected chi connectivity index (χ3v) is 7.26. The van der Waals surface area contributed by atoms with Crippen LogP contribution in [0.1, 0.15) is 30.3 Å². The first-order valence-electron chi connectivity index (χ1n) is 9.19. The van der Waals surface area contributed by atoms with E-state index >= 15 is 0 Å². The molecule has 3 rings (SSSR count). The van der Waals surface area contributed by atoms with Gasteiger partial charge in [0, 0.05) is 17.8 Å². The maximum atomic E-state index is 13.3. The number of carbonyl (C=O) groups is 1. The minimum absolute atomic E-state index is 0.111. The van der Waals surface area contributed by atoms with Crippen molar-refractivity contribution >= 4 is 33.2 Å². The zero-order chi connectivity index (χ0) is 21.2. The third-order valence-electron chi connectivity index (χ3n) is 4.65. The summed E-state index contributed by atoms with van der Waals surface area (Å²) < 4.78 is 33.2. The van der Waals surface area contributed by atoms with Crippen LogP contribution in [0.4, 0.5) is 0 Å². The van der Waals surface area contributed by atoms with Gasteiger partial charge < -0.3 is 4.74 Å². The van der Waals surface area contributed by atoms with Crippen LogP contribution in [0.25, 0.3) is 5.65 Å². The predicted octanol–water partition coefficient (Wildman–Crippen LogP) is 3.40. The van der Waals surface area contributed by atoms with Crippen molar-refractivity contribution in [1.82, 2.24) is 14.6 Å². The summed E-state index contributed by atoms with van der Waals surface area (Å²) in [5, 5.41) is 4.90. The summed E-state index contributed by atoms with van der Waals surface area (Å²) in [6, 6.07) is 8.28. The van der Waals surface area contributed by atoms with E-state index in [1.807, 2.05) is 13.8 Å². The molecule has 1 aromatic carbocycles. The normalized spacial score (nSPS) is 11.7. The molecule has 0 fully saturated rings. The lowest BCUT2D eigenvalue weighted by Gasteiger charge is -2.11. The summed E-state index contributed by atoms with van der Waals surface area (Å²) in [7, 11) is -3.79. The third kappa shape index (κ3) is 4.02. The highest BCUT2D eigenvalue weighted by atomic mass is 32.2. The van der Waals surface area contributed by atoms with E-state index in [9.17, 15) is 13.2 Å². The van der Waals surface area contributed by atoms with Gasteiger partial charge in [-0.25, -0.2) is 17.9 Å². The molecule has 0 saturated heterocycles. The predicted molar refractivity (Wildman–Crippen MR) is 111 cm³/mol. The van der Waals surface area contributed by atoms with Gasteiger partial charge in [-0.2, -0.15) is 5.10 Å². The fourth-order valence-corrected chi connectivity index (χ4v) is 5.64. The average molecular weight is 434 g/mol. The van der Waals surface area contributed by atoms with Gasteiger partial charge in [-0.3, -0.25) is 4.79 Å². The average Bonchev–Trinajstić information content (AvgIpc) is 3.08. The largest absolute Gasteiger partial charge is 0.466 e. The molecule has 29 heavy (non-hydrogen) atoms. The van der Waals surface area contributed by atoms with Crippen LogP contribution in [0.3, 0.4) is 0 Å². The van der Waals surface area contributed by atoms with Crippen molar-refractivity contribution in [2.24, 2.45) is 0 Å². The Hall–Kier alpha value is -2.39. The number of nitrogens with zero attached hydrogens (tertiary/aromatic N) is 3. The number of hydrogen-bond acceptors (Lipinski definition) is 7. The first kappa shape index (κ1) is 21.3. The number of thioether (sulfide) groups is 1. The van der Waals surface area contributed by atoms with Crippen LogP contribution in [-0.2, 0) is 25.8 Å². The molecule has 0 spiro atoms. The second-order valence-corrected chi connectivity index (χ2v) is 9.14. The second-order valence-electron chi connectivity index (χ2n) is 6.46. The highest BCUT2D eigenvalue weighted by Gasteiger charge is 2.29. The van der Waals surface area contributed by atoms with E-state index in [0.29, 0.717) is 29.4 Å². The van der Waals surface area contributed by atoms with Crippen LogP contribution in [0, 0.1) is 13.8 Å². The van der Waals surface area contributed by atoms with Crippen LogP contribution in [-0.4, -0.2) is 41.8 Å². The maximum Gasteiger partial charge on any atom is 0.306 e. The van der Waals surface area contributed by atoms with Gasteiger partial charge in [0.1, 0.15) is 5.03 Å². The molecular weight excluding hydrogens is 410 g/mol. The summed E-state index contributed by atoms with van der Waals surface area (Å²) in [6.07, 6.45) is 2.47. The Bertz CT molecular complexity index is 1160. The minimum atomic E-state index is -3.79. The molecule has 0 unspecified atom stereocenters. The smallest absolute Gasteiger partial charge is 0.306 e. The number of rotatable bonds is 7. The molecule has 3 aromatic rings. The van der Waals surface area contributed by atoms with Gasteiger partial charge in [-0.15, -0.1) is 11.8 Å². The molecule has 0 radical (unpaired) electrons. The number of sulfone groups is 1. The second kappa shape index (κ2) is 8.54. The van der Waals surface area contributed by atoms with Gasteiger partial charge in [-0.1, -0.05) is 18.2 Å². The molecule has 0 saturated carbocycles. The Morgan fingerprint density at radius 2 is 1.90 bits per heavy atom. The van der Waals surface area contributed by atoms with E-state index in [4.69, 9.17) is 4.74 Å². The number of aryl methyl sites for hydroxylation is 2. The Labute approximate surface area is 174 Å². The molecule has 0 atom stereocenters. The number of ether oxygens (including phenoxy) is 1. The first-order valence-corrected chi connectivity index (χ1v) is 11.9. The lowest BCUT2D eigenvalue weighted by atomic mass is 10.1. The molecule has 0 bridgehead atoms. The zero-order valence-electron chi connectivity index (χ0n) is 16.8. The standard InChI is InChI=1S/C20H23N3O4S2/c1-5-27-17(24)12-11-16-13(2)21-19-18(20(28-4)22-23(19)14(16)3)29(25,26)15-9-7-6-8-10-15/h6-10H,5,11-12H2,1-4H3. The van der Waals surface area contributed by atoms with Gasteiger partial charge in [0.2, 0.25) is 9.84 Å². The van der Waals surface area contributed by atoms with Gasteiger partial charge in [0.25, 0.3) is 0 Å². The molecule has 2 aromatic heterocycles. The fourth-order valence-electron chi connectivity index (χ4n) is 3.23. The summed E-state index contributed by atoms with van der Waals surface area (Å²) in [6.45, 7) is 5.78. The SMILES string of the molecule is CCOC(=O)CCc1c(C)nc2c(S(=O)(=O)c3ccccc3)c(SC)nn2c1C. The van der Waals surface area contributed by atoms with Crippen molar-refractivity contribution < 1.29 is 17.9 Å². The van der Waals surface area contributed by atoms with E-state index < -0.39 is 9.84 Å². The quantitative estimate of drug-likeness (QED) is 0.417. The van der Waals surface area contributed by atoms with Crippen LogP contribution in [0.15, 0.2) is 45.1 Å². The molecule has 7 nitrogen and oxygen atoms in total. The van der Waals surface area contributed by atoms with Gasteiger partial charge in [0.15, 0.2) is 10.5 Å². The van der Waals surface area contributed by atoms with Crippen molar-refractivity contribution in [2.75, 3.05) is 12.9 Å². The lowest BCUT2D eigenvalue weighted by molar-refractivity contribution is -0.143. The molecule has 9 heteroatoms. The zero-order valence-corrected chi connectivity index (χ0v) is 18.4. The Morgan fingerprint density at radius 1 is 1.21 bits per heavy atom. The first-order chi connectivity index (χ1) is 13.8. The summed E-state index contributed by atoms with van der Waals surface area (Å²) >= 11 is 1.26. The highest BCUT2D eigenvalue weighted by Crippen LogP contribution is 2.33. The minimum Gasteiger partial charge on any atom is -0.466 e. The summed E-state index contributed by atoms with van der Waals surface area (Å²) in [4.78, 5) is 16.6. The van der Waals surface area contributed by atoms with Crippen LogP contribution >= 0.6 is 11.8 Å². The van der Waals surface area contributed by atoms with Crippen molar-refractivity contribution in [2.45, 2.75) is 48.4 Å². The number of fused-ring (bicyclic) bond motifs is 1. The number of benzene rings is 1.